The van der Waals surface area contributed by atoms with Crippen molar-refractivity contribution in [1.29, 1.82) is 0 Å². The van der Waals surface area contributed by atoms with E-state index in [0.29, 0.717) is 11.7 Å². The summed E-state index contributed by atoms with van der Waals surface area (Å²) in [5.41, 5.74) is 1.79. The molecule has 80 valence electrons. The highest BCUT2D eigenvalue weighted by molar-refractivity contribution is 6.33. The van der Waals surface area contributed by atoms with E-state index in [0.717, 1.165) is 16.7 Å². The third kappa shape index (κ3) is 1.82. The fourth-order valence-electron chi connectivity index (χ4n) is 1.65. The molecular formula is C10H12ClN3O. The Kier molecular flexibility index (Phi) is 2.63. The fraction of sp³-hybridized carbons (Fsp3) is 0.400. The Morgan fingerprint density at radius 2 is 2.27 bits per heavy atom. The van der Waals surface area contributed by atoms with E-state index < -0.39 is 6.10 Å². The van der Waals surface area contributed by atoms with Crippen molar-refractivity contribution in [3.8, 4) is 0 Å². The second-order valence-corrected chi connectivity index (χ2v) is 4.01. The normalized spacial score (nSPS) is 13.3. The number of hydrogen-bond donors (Lipinski definition) is 1. The van der Waals surface area contributed by atoms with Gasteiger partial charge >= 0.3 is 0 Å². The molecule has 0 spiro atoms. The van der Waals surface area contributed by atoms with Gasteiger partial charge in [0.25, 0.3) is 0 Å². The standard InChI is InChI=1S/C10H12ClN3O/c1-6-3-8-9(11)12-5-13-10(8)14(6)4-7(2)15/h3,5,7,15H,4H2,1-2H3. The number of aliphatic hydroxyl groups excluding tert-OH is 1. The summed E-state index contributed by atoms with van der Waals surface area (Å²) >= 11 is 5.95. The maximum Gasteiger partial charge on any atom is 0.145 e. The number of halogens is 1. The molecule has 2 aromatic heterocycles. The monoisotopic (exact) mass is 225 g/mol. The predicted molar refractivity (Wildman–Crippen MR) is 59.0 cm³/mol. The zero-order valence-electron chi connectivity index (χ0n) is 8.61. The van der Waals surface area contributed by atoms with E-state index in [1.54, 1.807) is 6.92 Å². The summed E-state index contributed by atoms with van der Waals surface area (Å²) in [6, 6.07) is 1.93. The molecule has 15 heavy (non-hydrogen) atoms. The lowest BCUT2D eigenvalue weighted by Crippen LogP contribution is -2.13. The van der Waals surface area contributed by atoms with E-state index in [-0.39, 0.29) is 0 Å². The molecule has 2 aromatic rings. The maximum absolute atomic E-state index is 9.38. The molecule has 1 N–H and O–H groups in total. The van der Waals surface area contributed by atoms with E-state index in [2.05, 4.69) is 9.97 Å². The Balaban J connectivity index is 2.63. The average molecular weight is 226 g/mol. The van der Waals surface area contributed by atoms with Crippen molar-refractivity contribution in [3.05, 3.63) is 23.2 Å². The third-order valence-corrected chi connectivity index (χ3v) is 2.60. The minimum absolute atomic E-state index is 0.409. The number of aromatic nitrogens is 3. The summed E-state index contributed by atoms with van der Waals surface area (Å²) in [6.07, 6.45) is 1.02. The lowest BCUT2D eigenvalue weighted by atomic mass is 10.4. The highest BCUT2D eigenvalue weighted by Crippen LogP contribution is 2.23. The number of rotatable bonds is 2. The van der Waals surface area contributed by atoms with Crippen molar-refractivity contribution in [2.75, 3.05) is 0 Å². The minimum atomic E-state index is -0.409. The molecule has 0 saturated heterocycles. The molecule has 2 heterocycles. The summed E-state index contributed by atoms with van der Waals surface area (Å²) in [4.78, 5) is 8.09. The van der Waals surface area contributed by atoms with Gasteiger partial charge in [-0.25, -0.2) is 9.97 Å². The smallest absolute Gasteiger partial charge is 0.145 e. The van der Waals surface area contributed by atoms with Crippen molar-refractivity contribution in [3.63, 3.8) is 0 Å². The second kappa shape index (κ2) is 3.79. The van der Waals surface area contributed by atoms with Crippen molar-refractivity contribution in [2.24, 2.45) is 0 Å². The number of hydrogen-bond acceptors (Lipinski definition) is 3. The first kappa shape index (κ1) is 10.4. The summed E-state index contributed by atoms with van der Waals surface area (Å²) in [6.45, 7) is 4.22. The van der Waals surface area contributed by atoms with Gasteiger partial charge in [0, 0.05) is 12.2 Å². The Bertz CT molecular complexity index is 493. The van der Waals surface area contributed by atoms with Crippen LogP contribution in [0.3, 0.4) is 0 Å². The molecule has 0 fully saturated rings. The minimum Gasteiger partial charge on any atom is -0.392 e. The molecule has 0 aliphatic carbocycles. The fourth-order valence-corrected chi connectivity index (χ4v) is 1.84. The van der Waals surface area contributed by atoms with Crippen LogP contribution in [0.4, 0.5) is 0 Å². The van der Waals surface area contributed by atoms with Crippen LogP contribution in [0.1, 0.15) is 12.6 Å². The summed E-state index contributed by atoms with van der Waals surface area (Å²) < 4.78 is 1.94. The van der Waals surface area contributed by atoms with Crippen molar-refractivity contribution >= 4 is 22.6 Å². The van der Waals surface area contributed by atoms with E-state index in [1.807, 2.05) is 17.6 Å². The Morgan fingerprint density at radius 3 is 2.93 bits per heavy atom. The molecule has 0 aliphatic heterocycles. The molecule has 0 radical (unpaired) electrons. The number of aliphatic hydroxyl groups is 1. The zero-order chi connectivity index (χ0) is 11.0. The molecule has 1 unspecified atom stereocenters. The van der Waals surface area contributed by atoms with Crippen LogP contribution in [0.15, 0.2) is 12.4 Å². The highest BCUT2D eigenvalue weighted by atomic mass is 35.5. The van der Waals surface area contributed by atoms with Crippen LogP contribution in [0, 0.1) is 6.92 Å². The first-order valence-corrected chi connectivity index (χ1v) is 5.12. The molecule has 0 amide bonds. The van der Waals surface area contributed by atoms with Crippen LogP contribution >= 0.6 is 11.6 Å². The van der Waals surface area contributed by atoms with E-state index >= 15 is 0 Å². The summed E-state index contributed by atoms with van der Waals surface area (Å²) in [5.74, 6) is 0. The molecule has 4 nitrogen and oxygen atoms in total. The molecule has 5 heteroatoms. The number of nitrogens with zero attached hydrogens (tertiary/aromatic N) is 3. The van der Waals surface area contributed by atoms with Crippen LogP contribution in [0.25, 0.3) is 11.0 Å². The molecule has 2 rings (SSSR count). The van der Waals surface area contributed by atoms with E-state index in [4.69, 9.17) is 11.6 Å². The van der Waals surface area contributed by atoms with Gasteiger partial charge in [-0.2, -0.15) is 0 Å². The van der Waals surface area contributed by atoms with E-state index in [1.165, 1.54) is 6.33 Å². The molecule has 0 saturated carbocycles. The third-order valence-electron chi connectivity index (χ3n) is 2.30. The molecule has 0 aliphatic rings. The van der Waals surface area contributed by atoms with Crippen molar-refractivity contribution < 1.29 is 5.11 Å². The summed E-state index contributed by atoms with van der Waals surface area (Å²) in [5, 5.41) is 10.7. The topological polar surface area (TPSA) is 50.9 Å². The highest BCUT2D eigenvalue weighted by Gasteiger charge is 2.11. The Morgan fingerprint density at radius 1 is 1.53 bits per heavy atom. The van der Waals surface area contributed by atoms with Crippen LogP contribution in [-0.2, 0) is 6.54 Å². The Labute approximate surface area is 92.5 Å². The molecule has 0 bridgehead atoms. The largest absolute Gasteiger partial charge is 0.392 e. The van der Waals surface area contributed by atoms with Crippen LogP contribution < -0.4 is 0 Å². The lowest BCUT2D eigenvalue weighted by Gasteiger charge is -2.09. The maximum atomic E-state index is 9.38. The van der Waals surface area contributed by atoms with Crippen LogP contribution in [-0.4, -0.2) is 25.7 Å². The second-order valence-electron chi connectivity index (χ2n) is 3.65. The van der Waals surface area contributed by atoms with Gasteiger partial charge in [0.15, 0.2) is 0 Å². The van der Waals surface area contributed by atoms with Gasteiger partial charge in [-0.15, -0.1) is 0 Å². The van der Waals surface area contributed by atoms with Crippen LogP contribution in [0.2, 0.25) is 5.15 Å². The first-order valence-electron chi connectivity index (χ1n) is 4.74. The summed E-state index contributed by atoms with van der Waals surface area (Å²) in [7, 11) is 0. The SMILES string of the molecule is Cc1cc2c(Cl)ncnc2n1CC(C)O. The Hall–Kier alpha value is -1.13. The van der Waals surface area contributed by atoms with Gasteiger partial charge in [-0.3, -0.25) is 0 Å². The molecular weight excluding hydrogens is 214 g/mol. The molecule has 0 aromatic carbocycles. The molecule has 1 atom stereocenters. The number of aryl methyl sites for hydroxylation is 1. The quantitative estimate of drug-likeness (QED) is 0.793. The van der Waals surface area contributed by atoms with Gasteiger partial charge in [-0.1, -0.05) is 11.6 Å². The van der Waals surface area contributed by atoms with Crippen molar-refractivity contribution in [2.45, 2.75) is 26.5 Å². The van der Waals surface area contributed by atoms with Crippen molar-refractivity contribution in [1.82, 2.24) is 14.5 Å². The van der Waals surface area contributed by atoms with E-state index in [9.17, 15) is 5.11 Å². The first-order chi connectivity index (χ1) is 7.09. The average Bonchev–Trinajstić information content (AvgIpc) is 2.45. The van der Waals surface area contributed by atoms with Gasteiger partial charge in [0.2, 0.25) is 0 Å². The van der Waals surface area contributed by atoms with Gasteiger partial charge in [0.05, 0.1) is 11.5 Å². The van der Waals surface area contributed by atoms with Gasteiger partial charge in [0.1, 0.15) is 17.1 Å². The van der Waals surface area contributed by atoms with Gasteiger partial charge < -0.3 is 9.67 Å². The van der Waals surface area contributed by atoms with Gasteiger partial charge in [-0.05, 0) is 19.9 Å². The van der Waals surface area contributed by atoms with Crippen LogP contribution in [0.5, 0.6) is 0 Å². The lowest BCUT2D eigenvalue weighted by molar-refractivity contribution is 0.174. The zero-order valence-corrected chi connectivity index (χ0v) is 9.36. The number of fused-ring (bicyclic) bond motifs is 1. The predicted octanol–water partition coefficient (Wildman–Crippen LogP) is 1.77.